The SMILES string of the molecule is COC(=O)N[C@@H](Cc1ccccc1)C(=O)N[C@@H](Cc1ccc(NS(=O)(=O)O)cc1)c1nc(C(=O)OC)cs1. The van der Waals surface area contributed by atoms with Gasteiger partial charge in [0.15, 0.2) is 5.69 Å². The van der Waals surface area contributed by atoms with Crippen LogP contribution in [0.2, 0.25) is 0 Å². The van der Waals surface area contributed by atoms with Crippen LogP contribution in [0.15, 0.2) is 60.0 Å². The highest BCUT2D eigenvalue weighted by Crippen LogP contribution is 2.24. The first-order valence-corrected chi connectivity index (χ1v) is 13.5. The molecule has 202 valence electrons. The number of aromatic nitrogens is 1. The largest absolute Gasteiger partial charge is 0.464 e. The second-order valence-electron chi connectivity index (χ2n) is 7.98. The number of carbonyl (C=O) groups excluding carboxylic acids is 3. The van der Waals surface area contributed by atoms with Crippen molar-refractivity contribution in [2.45, 2.75) is 24.9 Å². The van der Waals surface area contributed by atoms with Crippen molar-refractivity contribution in [3.8, 4) is 0 Å². The average molecular weight is 563 g/mol. The summed E-state index contributed by atoms with van der Waals surface area (Å²) in [5.74, 6) is -1.14. The fourth-order valence-electron chi connectivity index (χ4n) is 3.47. The Kier molecular flexibility index (Phi) is 9.76. The van der Waals surface area contributed by atoms with Crippen molar-refractivity contribution in [1.29, 1.82) is 0 Å². The molecule has 2 amide bonds. The molecule has 3 rings (SSSR count). The lowest BCUT2D eigenvalue weighted by Gasteiger charge is -2.22. The molecule has 3 aromatic rings. The van der Waals surface area contributed by atoms with Gasteiger partial charge in [0.25, 0.3) is 0 Å². The Morgan fingerprint density at radius 2 is 1.61 bits per heavy atom. The first-order chi connectivity index (χ1) is 18.1. The molecule has 12 nitrogen and oxygen atoms in total. The Balaban J connectivity index is 1.87. The maximum absolute atomic E-state index is 13.4. The smallest absolute Gasteiger partial charge is 0.407 e. The van der Waals surface area contributed by atoms with Crippen LogP contribution in [0.1, 0.15) is 32.7 Å². The van der Waals surface area contributed by atoms with Gasteiger partial charge >= 0.3 is 22.4 Å². The molecule has 1 aromatic heterocycles. The van der Waals surface area contributed by atoms with Crippen LogP contribution in [0, 0.1) is 0 Å². The molecule has 38 heavy (non-hydrogen) atoms. The van der Waals surface area contributed by atoms with Gasteiger partial charge in [-0.2, -0.15) is 8.42 Å². The Hall–Kier alpha value is -4.01. The van der Waals surface area contributed by atoms with Crippen LogP contribution < -0.4 is 15.4 Å². The quantitative estimate of drug-likeness (QED) is 0.202. The van der Waals surface area contributed by atoms with Crippen LogP contribution in [0.3, 0.4) is 0 Å². The number of thiazole rings is 1. The number of benzene rings is 2. The Labute approximate surface area is 223 Å². The number of hydrogen-bond acceptors (Lipinski definition) is 9. The van der Waals surface area contributed by atoms with Crippen LogP contribution >= 0.6 is 11.3 Å². The number of anilines is 1. The minimum absolute atomic E-state index is 0.0768. The molecular weight excluding hydrogens is 536 g/mol. The first-order valence-electron chi connectivity index (χ1n) is 11.1. The minimum atomic E-state index is -4.43. The van der Waals surface area contributed by atoms with Crippen molar-refractivity contribution >= 4 is 45.3 Å². The lowest BCUT2D eigenvalue weighted by Crippen LogP contribution is -2.49. The van der Waals surface area contributed by atoms with Crippen molar-refractivity contribution in [1.82, 2.24) is 15.6 Å². The number of nitrogens with zero attached hydrogens (tertiary/aromatic N) is 1. The summed E-state index contributed by atoms with van der Waals surface area (Å²) in [5.41, 5.74) is 1.72. The molecule has 0 fully saturated rings. The molecule has 0 saturated carbocycles. The van der Waals surface area contributed by atoms with Crippen molar-refractivity contribution in [2.75, 3.05) is 18.9 Å². The maximum atomic E-state index is 13.4. The monoisotopic (exact) mass is 562 g/mol. The van der Waals surface area contributed by atoms with Gasteiger partial charge in [-0.25, -0.2) is 14.6 Å². The summed E-state index contributed by atoms with van der Waals surface area (Å²) >= 11 is 1.14. The van der Waals surface area contributed by atoms with E-state index in [4.69, 9.17) is 9.29 Å². The van der Waals surface area contributed by atoms with Crippen molar-refractivity contribution in [3.05, 3.63) is 81.8 Å². The number of carbonyl (C=O) groups is 3. The molecule has 4 N–H and O–H groups in total. The molecule has 0 spiro atoms. The van der Waals surface area contributed by atoms with Gasteiger partial charge in [-0.05, 0) is 29.7 Å². The zero-order valence-electron chi connectivity index (χ0n) is 20.4. The number of rotatable bonds is 11. The highest BCUT2D eigenvalue weighted by atomic mass is 32.2. The average Bonchev–Trinajstić information content (AvgIpc) is 3.38. The predicted octanol–water partition coefficient (Wildman–Crippen LogP) is 2.51. The summed E-state index contributed by atoms with van der Waals surface area (Å²) in [6, 6.07) is 13.5. The molecule has 2 atom stereocenters. The Bertz CT molecular complexity index is 1360. The molecule has 1 heterocycles. The number of hydrogen-bond donors (Lipinski definition) is 4. The molecule has 0 aliphatic carbocycles. The third-order valence-electron chi connectivity index (χ3n) is 5.25. The summed E-state index contributed by atoms with van der Waals surface area (Å²) in [6.45, 7) is 0. The number of nitrogens with one attached hydrogen (secondary N) is 3. The van der Waals surface area contributed by atoms with E-state index in [0.717, 1.165) is 16.9 Å². The van der Waals surface area contributed by atoms with Gasteiger partial charge < -0.3 is 20.1 Å². The highest BCUT2D eigenvalue weighted by Gasteiger charge is 2.27. The van der Waals surface area contributed by atoms with E-state index >= 15 is 0 Å². The van der Waals surface area contributed by atoms with Gasteiger partial charge in [0.2, 0.25) is 5.91 Å². The normalized spacial score (nSPS) is 12.6. The number of methoxy groups -OCH3 is 2. The summed E-state index contributed by atoms with van der Waals surface area (Å²) < 4.78 is 42.4. The molecule has 0 aliphatic heterocycles. The lowest BCUT2D eigenvalue weighted by atomic mass is 10.0. The molecule has 0 saturated heterocycles. The minimum Gasteiger partial charge on any atom is -0.464 e. The topological polar surface area (TPSA) is 173 Å². The molecular formula is C24H26N4O8S2. The van der Waals surface area contributed by atoms with Crippen molar-refractivity contribution < 1.29 is 36.8 Å². The fraction of sp³-hybridized carbons (Fsp3) is 0.250. The third kappa shape index (κ3) is 8.54. The van der Waals surface area contributed by atoms with Gasteiger partial charge in [-0.15, -0.1) is 11.3 Å². The molecule has 0 unspecified atom stereocenters. The number of esters is 1. The second kappa shape index (κ2) is 13.0. The van der Waals surface area contributed by atoms with E-state index in [1.165, 1.54) is 31.7 Å². The van der Waals surface area contributed by atoms with Gasteiger partial charge in [0.1, 0.15) is 11.0 Å². The van der Waals surface area contributed by atoms with Gasteiger partial charge in [-0.3, -0.25) is 14.1 Å². The molecule has 14 heteroatoms. The van der Waals surface area contributed by atoms with E-state index in [2.05, 4.69) is 20.4 Å². The van der Waals surface area contributed by atoms with Crippen molar-refractivity contribution in [2.24, 2.45) is 0 Å². The van der Waals surface area contributed by atoms with Crippen LogP contribution in [0.25, 0.3) is 0 Å². The molecule has 2 aromatic carbocycles. The lowest BCUT2D eigenvalue weighted by molar-refractivity contribution is -0.123. The van der Waals surface area contributed by atoms with E-state index in [1.807, 2.05) is 35.1 Å². The van der Waals surface area contributed by atoms with E-state index in [9.17, 15) is 22.8 Å². The summed E-state index contributed by atoms with van der Waals surface area (Å²) in [5, 5.41) is 7.35. The fourth-order valence-corrected chi connectivity index (χ4v) is 4.74. The molecule has 0 aliphatic rings. The predicted molar refractivity (Wildman–Crippen MR) is 139 cm³/mol. The van der Waals surface area contributed by atoms with Crippen LogP contribution in [0.5, 0.6) is 0 Å². The Morgan fingerprint density at radius 1 is 0.947 bits per heavy atom. The maximum Gasteiger partial charge on any atom is 0.407 e. The van der Waals surface area contributed by atoms with E-state index < -0.39 is 40.4 Å². The number of amides is 2. The number of ether oxygens (including phenoxy) is 2. The highest BCUT2D eigenvalue weighted by molar-refractivity contribution is 7.87. The standard InChI is InChI=1S/C24H26N4O8S2/c1-35-23(30)20-14-37-22(26-20)19(13-16-8-10-17(11-9-16)28-38(32,33)34)25-21(29)18(27-24(31)36-2)12-15-6-4-3-5-7-15/h3-11,14,18-19,28H,12-13H2,1-2H3,(H,25,29)(H,27,31)(H,32,33,34)/t18-,19-/m0/s1. The van der Waals surface area contributed by atoms with Crippen LogP contribution in [-0.4, -0.2) is 56.2 Å². The van der Waals surface area contributed by atoms with Gasteiger partial charge in [-0.1, -0.05) is 42.5 Å². The zero-order valence-corrected chi connectivity index (χ0v) is 22.0. The summed E-state index contributed by atoms with van der Waals surface area (Å²) in [7, 11) is -2.01. The summed E-state index contributed by atoms with van der Waals surface area (Å²) in [6.07, 6.45) is -0.375. The van der Waals surface area contributed by atoms with Crippen LogP contribution in [-0.2, 0) is 37.4 Å². The summed E-state index contributed by atoms with van der Waals surface area (Å²) in [4.78, 5) is 41.6. The van der Waals surface area contributed by atoms with E-state index in [1.54, 1.807) is 12.1 Å². The second-order valence-corrected chi connectivity index (χ2v) is 10.0. The van der Waals surface area contributed by atoms with Gasteiger partial charge in [0, 0.05) is 11.8 Å². The van der Waals surface area contributed by atoms with Gasteiger partial charge in [0.05, 0.1) is 25.9 Å². The Morgan fingerprint density at radius 3 is 2.21 bits per heavy atom. The first kappa shape index (κ1) is 28.6. The number of alkyl carbamates (subject to hydrolysis) is 1. The van der Waals surface area contributed by atoms with E-state index in [0.29, 0.717) is 10.6 Å². The molecule has 0 radical (unpaired) electrons. The van der Waals surface area contributed by atoms with E-state index in [-0.39, 0.29) is 24.2 Å². The third-order valence-corrected chi connectivity index (χ3v) is 6.70. The van der Waals surface area contributed by atoms with Crippen LogP contribution in [0.4, 0.5) is 10.5 Å². The zero-order chi connectivity index (χ0) is 27.7. The molecule has 0 bridgehead atoms. The van der Waals surface area contributed by atoms with Crippen molar-refractivity contribution in [3.63, 3.8) is 0 Å².